The van der Waals surface area contributed by atoms with Gasteiger partial charge in [0.05, 0.1) is 5.41 Å². The first-order valence-corrected chi connectivity index (χ1v) is 8.34. The monoisotopic (exact) mass is 272 g/mol. The van der Waals surface area contributed by atoms with Gasteiger partial charge in [-0.3, -0.25) is 4.79 Å². The number of nitrogens with one attached hydrogen (secondary N) is 1. The Labute approximate surface area is 116 Å². The lowest BCUT2D eigenvalue weighted by Gasteiger charge is -2.37. The lowest BCUT2D eigenvalue weighted by Crippen LogP contribution is -2.48. The van der Waals surface area contributed by atoms with Gasteiger partial charge in [0, 0.05) is 18.3 Å². The van der Waals surface area contributed by atoms with Crippen LogP contribution in [0, 0.1) is 11.3 Å². The summed E-state index contributed by atoms with van der Waals surface area (Å²) < 4.78 is 0. The molecule has 1 unspecified atom stereocenters. The van der Waals surface area contributed by atoms with Crippen LogP contribution in [0.5, 0.6) is 0 Å². The summed E-state index contributed by atoms with van der Waals surface area (Å²) in [6, 6.07) is 0. The van der Waals surface area contributed by atoms with E-state index in [1.165, 1.54) is 0 Å². The maximum Gasteiger partial charge on any atom is 0.227 e. The Hall–Kier alpha value is -0.220. The standard InChI is InChI=1S/C14H28N2OS/c1-11-4-7-14(10-15,8-5-11)13(17)16-9-6-12(2)18-3/h11-12H,4-10,15H2,1-3H3,(H,16,17). The highest BCUT2D eigenvalue weighted by Gasteiger charge is 2.39. The second kappa shape index (κ2) is 7.39. The highest BCUT2D eigenvalue weighted by molar-refractivity contribution is 7.99. The lowest BCUT2D eigenvalue weighted by atomic mass is 9.70. The molecule has 18 heavy (non-hydrogen) atoms. The topological polar surface area (TPSA) is 55.1 Å². The van der Waals surface area contributed by atoms with Gasteiger partial charge in [0.1, 0.15) is 0 Å². The first-order valence-electron chi connectivity index (χ1n) is 7.05. The van der Waals surface area contributed by atoms with Gasteiger partial charge in [-0.25, -0.2) is 0 Å². The number of rotatable bonds is 6. The summed E-state index contributed by atoms with van der Waals surface area (Å²) in [7, 11) is 0. The molecule has 3 N–H and O–H groups in total. The van der Waals surface area contributed by atoms with Crippen LogP contribution in [0.4, 0.5) is 0 Å². The van der Waals surface area contributed by atoms with Crippen LogP contribution in [0.1, 0.15) is 46.0 Å². The van der Waals surface area contributed by atoms with E-state index in [2.05, 4.69) is 25.4 Å². The normalized spacial score (nSPS) is 29.9. The number of thioether (sulfide) groups is 1. The molecule has 106 valence electrons. The average molecular weight is 272 g/mol. The number of nitrogens with two attached hydrogens (primary N) is 1. The molecule has 0 heterocycles. The van der Waals surface area contributed by atoms with Crippen LogP contribution in [0.25, 0.3) is 0 Å². The van der Waals surface area contributed by atoms with Crippen molar-refractivity contribution < 1.29 is 4.79 Å². The van der Waals surface area contributed by atoms with Gasteiger partial charge in [0.15, 0.2) is 0 Å². The van der Waals surface area contributed by atoms with Crippen molar-refractivity contribution in [3.05, 3.63) is 0 Å². The summed E-state index contributed by atoms with van der Waals surface area (Å²) in [6.45, 7) is 5.72. The Morgan fingerprint density at radius 1 is 1.50 bits per heavy atom. The maximum absolute atomic E-state index is 12.3. The van der Waals surface area contributed by atoms with Gasteiger partial charge in [-0.15, -0.1) is 0 Å². The number of hydrogen-bond acceptors (Lipinski definition) is 3. The molecule has 1 saturated carbocycles. The van der Waals surface area contributed by atoms with Crippen molar-refractivity contribution in [2.24, 2.45) is 17.1 Å². The van der Waals surface area contributed by atoms with Crippen LogP contribution in [-0.4, -0.2) is 30.5 Å². The zero-order valence-corrected chi connectivity index (χ0v) is 12.8. The summed E-state index contributed by atoms with van der Waals surface area (Å²) in [5.74, 6) is 0.930. The third-order valence-electron chi connectivity index (χ3n) is 4.34. The van der Waals surface area contributed by atoms with Gasteiger partial charge in [0.25, 0.3) is 0 Å². The lowest BCUT2D eigenvalue weighted by molar-refractivity contribution is -0.132. The summed E-state index contributed by atoms with van der Waals surface area (Å²) in [4.78, 5) is 12.3. The summed E-state index contributed by atoms with van der Waals surface area (Å²) in [6.07, 6.45) is 7.31. The van der Waals surface area contributed by atoms with E-state index in [0.29, 0.717) is 11.8 Å². The largest absolute Gasteiger partial charge is 0.356 e. The molecular formula is C14H28N2OS. The molecular weight excluding hydrogens is 244 g/mol. The van der Waals surface area contributed by atoms with Gasteiger partial charge in [-0.1, -0.05) is 13.8 Å². The zero-order chi connectivity index (χ0) is 13.6. The van der Waals surface area contributed by atoms with Gasteiger partial charge >= 0.3 is 0 Å². The van der Waals surface area contributed by atoms with Crippen molar-refractivity contribution in [2.45, 2.75) is 51.2 Å². The molecule has 1 fully saturated rings. The Morgan fingerprint density at radius 3 is 2.61 bits per heavy atom. The van der Waals surface area contributed by atoms with E-state index < -0.39 is 0 Å². The van der Waals surface area contributed by atoms with Crippen molar-refractivity contribution in [1.29, 1.82) is 0 Å². The molecule has 1 amide bonds. The first kappa shape index (κ1) is 15.8. The molecule has 0 saturated heterocycles. The number of hydrogen-bond donors (Lipinski definition) is 2. The van der Waals surface area contributed by atoms with Gasteiger partial charge in [0.2, 0.25) is 5.91 Å². The molecule has 3 nitrogen and oxygen atoms in total. The summed E-state index contributed by atoms with van der Waals surface area (Å²) in [5.41, 5.74) is 5.59. The molecule has 1 atom stereocenters. The van der Waals surface area contributed by atoms with E-state index in [-0.39, 0.29) is 11.3 Å². The van der Waals surface area contributed by atoms with Crippen LogP contribution < -0.4 is 11.1 Å². The molecule has 0 radical (unpaired) electrons. The van der Waals surface area contributed by atoms with E-state index in [4.69, 9.17) is 5.73 Å². The Kier molecular flexibility index (Phi) is 6.50. The fraction of sp³-hybridized carbons (Fsp3) is 0.929. The number of carbonyl (C=O) groups is 1. The third kappa shape index (κ3) is 4.16. The molecule has 1 aliphatic rings. The zero-order valence-electron chi connectivity index (χ0n) is 12.0. The van der Waals surface area contributed by atoms with Crippen LogP contribution in [0.2, 0.25) is 0 Å². The maximum atomic E-state index is 12.3. The molecule has 0 bridgehead atoms. The van der Waals surface area contributed by atoms with E-state index in [1.54, 1.807) is 0 Å². The fourth-order valence-electron chi connectivity index (χ4n) is 2.53. The molecule has 0 aliphatic heterocycles. The van der Waals surface area contributed by atoms with Crippen LogP contribution in [0.15, 0.2) is 0 Å². The minimum Gasteiger partial charge on any atom is -0.356 e. The molecule has 1 aliphatic carbocycles. The fourth-order valence-corrected chi connectivity index (χ4v) is 2.89. The van der Waals surface area contributed by atoms with E-state index in [1.807, 2.05) is 11.8 Å². The molecule has 0 aromatic heterocycles. The van der Waals surface area contributed by atoms with Crippen molar-refractivity contribution in [1.82, 2.24) is 5.32 Å². The van der Waals surface area contributed by atoms with Crippen molar-refractivity contribution >= 4 is 17.7 Å². The first-order chi connectivity index (χ1) is 8.54. The van der Waals surface area contributed by atoms with Crippen molar-refractivity contribution in [3.63, 3.8) is 0 Å². The Bertz CT molecular complexity index is 263. The van der Waals surface area contributed by atoms with Crippen molar-refractivity contribution in [2.75, 3.05) is 19.3 Å². The second-order valence-corrected chi connectivity index (χ2v) is 7.03. The van der Waals surface area contributed by atoms with Crippen LogP contribution in [0.3, 0.4) is 0 Å². The minimum atomic E-state index is -0.283. The van der Waals surface area contributed by atoms with Gasteiger partial charge < -0.3 is 11.1 Å². The number of amides is 1. The molecule has 0 spiro atoms. The highest BCUT2D eigenvalue weighted by atomic mass is 32.2. The SMILES string of the molecule is CSC(C)CCNC(=O)C1(CN)CCC(C)CC1. The van der Waals surface area contributed by atoms with Gasteiger partial charge in [-0.05, 0) is 44.3 Å². The second-order valence-electron chi connectivity index (χ2n) is 5.76. The van der Waals surface area contributed by atoms with E-state index >= 15 is 0 Å². The van der Waals surface area contributed by atoms with E-state index in [9.17, 15) is 4.79 Å². The van der Waals surface area contributed by atoms with Crippen molar-refractivity contribution in [3.8, 4) is 0 Å². The average Bonchev–Trinajstić information content (AvgIpc) is 2.39. The smallest absolute Gasteiger partial charge is 0.227 e. The minimum absolute atomic E-state index is 0.185. The summed E-state index contributed by atoms with van der Waals surface area (Å²) in [5, 5.41) is 3.69. The van der Waals surface area contributed by atoms with E-state index in [0.717, 1.165) is 44.6 Å². The van der Waals surface area contributed by atoms with Gasteiger partial charge in [-0.2, -0.15) is 11.8 Å². The van der Waals surface area contributed by atoms with Crippen LogP contribution >= 0.6 is 11.8 Å². The number of carbonyl (C=O) groups excluding carboxylic acids is 1. The quantitative estimate of drug-likeness (QED) is 0.780. The Balaban J connectivity index is 2.42. The summed E-state index contributed by atoms with van der Waals surface area (Å²) >= 11 is 1.84. The molecule has 4 heteroatoms. The predicted molar refractivity (Wildman–Crippen MR) is 79.7 cm³/mol. The van der Waals surface area contributed by atoms with Crippen LogP contribution in [-0.2, 0) is 4.79 Å². The Morgan fingerprint density at radius 2 is 2.11 bits per heavy atom. The third-order valence-corrected chi connectivity index (χ3v) is 5.38. The molecule has 0 aromatic carbocycles. The molecule has 0 aromatic rings. The predicted octanol–water partition coefficient (Wildman–Crippen LogP) is 2.40. The highest BCUT2D eigenvalue weighted by Crippen LogP contribution is 2.38. The molecule has 1 rings (SSSR count).